The van der Waals surface area contributed by atoms with Gasteiger partial charge >= 0.3 is 0 Å². The van der Waals surface area contributed by atoms with Crippen molar-refractivity contribution >= 4 is 5.84 Å². The first-order valence-corrected chi connectivity index (χ1v) is 8.00. The summed E-state index contributed by atoms with van der Waals surface area (Å²) in [6.45, 7) is 4.51. The molecule has 3 N–H and O–H groups in total. The number of rotatable bonds is 3. The molecule has 114 valence electrons. The second-order valence-electron chi connectivity index (χ2n) is 6.54. The van der Waals surface area contributed by atoms with E-state index >= 15 is 0 Å². The lowest BCUT2D eigenvalue weighted by atomic mass is 9.84. The third-order valence-electron chi connectivity index (χ3n) is 5.13. The molecule has 0 aromatic heterocycles. The van der Waals surface area contributed by atoms with E-state index in [1.54, 1.807) is 0 Å². The van der Waals surface area contributed by atoms with Crippen LogP contribution in [0.25, 0.3) is 0 Å². The van der Waals surface area contributed by atoms with E-state index in [-0.39, 0.29) is 5.84 Å². The van der Waals surface area contributed by atoms with Crippen LogP contribution in [0, 0.1) is 11.3 Å². The van der Waals surface area contributed by atoms with Gasteiger partial charge in [0.1, 0.15) is 5.84 Å². The molecular formula is C17H26N4. The van der Waals surface area contributed by atoms with Crippen molar-refractivity contribution in [3.63, 3.8) is 0 Å². The van der Waals surface area contributed by atoms with Crippen molar-refractivity contribution in [2.24, 2.45) is 11.7 Å². The van der Waals surface area contributed by atoms with Crippen LogP contribution in [0.15, 0.2) is 24.3 Å². The molecule has 0 spiro atoms. The van der Waals surface area contributed by atoms with Gasteiger partial charge in [-0.05, 0) is 50.9 Å². The molecule has 4 nitrogen and oxygen atoms in total. The number of piperidine rings is 2. The van der Waals surface area contributed by atoms with Gasteiger partial charge in [-0.1, -0.05) is 24.3 Å². The van der Waals surface area contributed by atoms with E-state index in [1.807, 2.05) is 18.2 Å². The maximum absolute atomic E-state index is 7.72. The zero-order valence-electron chi connectivity index (χ0n) is 12.9. The topological polar surface area (TPSA) is 56.4 Å². The molecule has 3 rings (SSSR count). The predicted octanol–water partition coefficient (Wildman–Crippen LogP) is 1.89. The summed E-state index contributed by atoms with van der Waals surface area (Å²) in [6, 6.07) is 8.85. The summed E-state index contributed by atoms with van der Waals surface area (Å²) in [5, 5.41) is 7.72. The lowest BCUT2D eigenvalue weighted by molar-refractivity contribution is 0.0354. The molecule has 0 saturated carbocycles. The molecule has 0 amide bonds. The van der Waals surface area contributed by atoms with Gasteiger partial charge in [-0.15, -0.1) is 0 Å². The Labute approximate surface area is 127 Å². The zero-order chi connectivity index (χ0) is 14.8. The zero-order valence-corrected chi connectivity index (χ0v) is 12.9. The minimum absolute atomic E-state index is 0.179. The predicted molar refractivity (Wildman–Crippen MR) is 86.5 cm³/mol. The maximum Gasteiger partial charge on any atom is 0.123 e. The lowest BCUT2D eigenvalue weighted by Gasteiger charge is -2.46. The standard InChI is InChI=1S/C17H26N4/c1-20-9-4-6-14-12-21(10-8-16(14)20)11-13-5-2-3-7-15(13)17(18)19/h2-3,5,7,14,16H,4,6,8-12H2,1H3,(H3,18,19). The minimum Gasteiger partial charge on any atom is -0.384 e. The molecule has 2 heterocycles. The number of hydrogen-bond acceptors (Lipinski definition) is 3. The van der Waals surface area contributed by atoms with Gasteiger partial charge in [0.05, 0.1) is 0 Å². The summed E-state index contributed by atoms with van der Waals surface area (Å²) in [5.41, 5.74) is 7.78. The summed E-state index contributed by atoms with van der Waals surface area (Å²) in [4.78, 5) is 5.09. The monoisotopic (exact) mass is 286 g/mol. The molecule has 2 fully saturated rings. The van der Waals surface area contributed by atoms with Crippen LogP contribution in [-0.2, 0) is 6.54 Å². The molecule has 1 aromatic carbocycles. The van der Waals surface area contributed by atoms with Crippen LogP contribution < -0.4 is 5.73 Å². The highest BCUT2D eigenvalue weighted by atomic mass is 15.2. The molecule has 21 heavy (non-hydrogen) atoms. The van der Waals surface area contributed by atoms with Gasteiger partial charge in [0, 0.05) is 24.7 Å². The number of nitrogens with zero attached hydrogens (tertiary/aromatic N) is 2. The van der Waals surface area contributed by atoms with Crippen LogP contribution in [0.3, 0.4) is 0 Å². The molecule has 2 aliphatic heterocycles. The van der Waals surface area contributed by atoms with Gasteiger partial charge in [0.25, 0.3) is 0 Å². The van der Waals surface area contributed by atoms with Crippen molar-refractivity contribution in [2.75, 3.05) is 26.7 Å². The average Bonchev–Trinajstić information content (AvgIpc) is 2.48. The van der Waals surface area contributed by atoms with E-state index in [9.17, 15) is 0 Å². The molecule has 0 aliphatic carbocycles. The van der Waals surface area contributed by atoms with Crippen LogP contribution in [0.1, 0.15) is 30.4 Å². The van der Waals surface area contributed by atoms with Crippen molar-refractivity contribution in [3.8, 4) is 0 Å². The number of benzene rings is 1. The molecule has 1 aromatic rings. The second kappa shape index (κ2) is 6.16. The first-order chi connectivity index (χ1) is 10.1. The summed E-state index contributed by atoms with van der Waals surface area (Å²) in [6.07, 6.45) is 3.96. The number of likely N-dealkylation sites (tertiary alicyclic amines) is 2. The summed E-state index contributed by atoms with van der Waals surface area (Å²) < 4.78 is 0. The van der Waals surface area contributed by atoms with E-state index in [0.29, 0.717) is 0 Å². The molecule has 2 unspecified atom stereocenters. The van der Waals surface area contributed by atoms with Gasteiger partial charge < -0.3 is 10.6 Å². The number of amidine groups is 1. The Bertz CT molecular complexity index is 513. The first kappa shape index (κ1) is 14.5. The largest absolute Gasteiger partial charge is 0.384 e. The summed E-state index contributed by atoms with van der Waals surface area (Å²) in [5.74, 6) is 0.986. The van der Waals surface area contributed by atoms with E-state index < -0.39 is 0 Å². The van der Waals surface area contributed by atoms with Crippen LogP contribution >= 0.6 is 0 Å². The van der Waals surface area contributed by atoms with E-state index in [0.717, 1.165) is 30.6 Å². The Kier molecular flexibility index (Phi) is 4.27. The highest BCUT2D eigenvalue weighted by molar-refractivity contribution is 5.96. The van der Waals surface area contributed by atoms with Crippen molar-refractivity contribution < 1.29 is 0 Å². The molecule has 2 aliphatic rings. The van der Waals surface area contributed by atoms with Crippen LogP contribution in [-0.4, -0.2) is 48.4 Å². The minimum atomic E-state index is 0.179. The van der Waals surface area contributed by atoms with Crippen LogP contribution in [0.5, 0.6) is 0 Å². The van der Waals surface area contributed by atoms with Crippen molar-refractivity contribution in [2.45, 2.75) is 31.8 Å². The van der Waals surface area contributed by atoms with Crippen LogP contribution in [0.2, 0.25) is 0 Å². The highest BCUT2D eigenvalue weighted by Gasteiger charge is 2.34. The number of fused-ring (bicyclic) bond motifs is 1. The first-order valence-electron chi connectivity index (χ1n) is 8.00. The Balaban J connectivity index is 1.68. The fourth-order valence-electron chi connectivity index (χ4n) is 4.03. The van der Waals surface area contributed by atoms with E-state index in [1.165, 1.54) is 37.9 Å². The third kappa shape index (κ3) is 3.11. The fourth-order valence-corrected chi connectivity index (χ4v) is 4.03. The van der Waals surface area contributed by atoms with E-state index in [2.05, 4.69) is 22.9 Å². The SMILES string of the molecule is CN1CCCC2CN(Cc3ccccc3C(=N)N)CCC21. The Hall–Kier alpha value is -1.39. The molecule has 0 radical (unpaired) electrons. The Morgan fingerprint density at radius 2 is 2.10 bits per heavy atom. The normalized spacial score (nSPS) is 27.3. The Morgan fingerprint density at radius 1 is 1.29 bits per heavy atom. The Morgan fingerprint density at radius 3 is 2.90 bits per heavy atom. The molecular weight excluding hydrogens is 260 g/mol. The number of nitrogens with two attached hydrogens (primary N) is 1. The van der Waals surface area contributed by atoms with Gasteiger partial charge in [0.2, 0.25) is 0 Å². The maximum atomic E-state index is 7.72. The van der Waals surface area contributed by atoms with Crippen molar-refractivity contribution in [1.82, 2.24) is 9.80 Å². The number of nitrogens with one attached hydrogen (secondary N) is 1. The summed E-state index contributed by atoms with van der Waals surface area (Å²) in [7, 11) is 2.28. The smallest absolute Gasteiger partial charge is 0.123 e. The number of hydrogen-bond donors (Lipinski definition) is 2. The summed E-state index contributed by atoms with van der Waals surface area (Å²) >= 11 is 0. The van der Waals surface area contributed by atoms with Gasteiger partial charge in [0.15, 0.2) is 0 Å². The van der Waals surface area contributed by atoms with Gasteiger partial charge in [-0.3, -0.25) is 10.3 Å². The molecule has 2 saturated heterocycles. The van der Waals surface area contributed by atoms with Crippen LogP contribution in [0.4, 0.5) is 0 Å². The van der Waals surface area contributed by atoms with Crippen molar-refractivity contribution in [3.05, 3.63) is 35.4 Å². The highest BCUT2D eigenvalue weighted by Crippen LogP contribution is 2.30. The molecule has 0 bridgehead atoms. The number of nitrogen functional groups attached to an aromatic ring is 1. The van der Waals surface area contributed by atoms with E-state index in [4.69, 9.17) is 11.1 Å². The quantitative estimate of drug-likeness (QED) is 0.659. The lowest BCUT2D eigenvalue weighted by Crippen LogP contribution is -2.52. The van der Waals surface area contributed by atoms with Gasteiger partial charge in [-0.25, -0.2) is 0 Å². The fraction of sp³-hybridized carbons (Fsp3) is 0.588. The molecule has 4 heteroatoms. The third-order valence-corrected chi connectivity index (χ3v) is 5.13. The molecule has 2 atom stereocenters. The second-order valence-corrected chi connectivity index (χ2v) is 6.54. The average molecular weight is 286 g/mol. The van der Waals surface area contributed by atoms with Gasteiger partial charge in [-0.2, -0.15) is 0 Å². The van der Waals surface area contributed by atoms with Crippen molar-refractivity contribution in [1.29, 1.82) is 5.41 Å².